The summed E-state index contributed by atoms with van der Waals surface area (Å²) in [7, 11) is 2.20. The van der Waals surface area contributed by atoms with Gasteiger partial charge in [0.15, 0.2) is 0 Å². The van der Waals surface area contributed by atoms with Crippen LogP contribution in [0.5, 0.6) is 0 Å². The number of hydrogen-bond donors (Lipinski definition) is 1. The fourth-order valence-electron chi connectivity index (χ4n) is 4.43. The highest BCUT2D eigenvalue weighted by atomic mass is 15.4. The highest BCUT2D eigenvalue weighted by Gasteiger charge is 2.46. The first-order valence-electron chi connectivity index (χ1n) is 10.2. The van der Waals surface area contributed by atoms with Gasteiger partial charge in [0.2, 0.25) is 0 Å². The summed E-state index contributed by atoms with van der Waals surface area (Å²) < 4.78 is 2.43. The molecule has 0 atom stereocenters. The number of aromatic nitrogens is 2. The second-order valence-corrected chi connectivity index (χ2v) is 7.59. The molecule has 30 heavy (non-hydrogen) atoms. The van der Waals surface area contributed by atoms with E-state index in [4.69, 9.17) is 0 Å². The van der Waals surface area contributed by atoms with E-state index in [9.17, 15) is 0 Å². The number of para-hydroxylation sites is 1. The predicted molar refractivity (Wildman–Crippen MR) is 126 cm³/mol. The molecule has 1 aromatic heterocycles. The number of hydrogen-bond acceptors (Lipinski definition) is 4. The molecule has 0 spiro atoms. The average molecular weight is 391 g/mol. The van der Waals surface area contributed by atoms with E-state index in [1.54, 1.807) is 0 Å². The average Bonchev–Trinajstić information content (AvgIpc) is 3.35. The standard InChI is InChI=1S/C23H23B2N5/c1-28-24(20-11-5-2-6-12-20)29(22-15-9-4-10-16-22)19-30(23-17-18-26-27-23)25(28)21-13-7-3-8-14-21/h2-18H,19H2,1H3,(H,26,27). The Bertz CT molecular complexity index is 1060. The van der Waals surface area contributed by atoms with E-state index >= 15 is 0 Å². The maximum Gasteiger partial charge on any atom is 0.371 e. The van der Waals surface area contributed by atoms with Gasteiger partial charge in [0.25, 0.3) is 0 Å². The molecule has 0 unspecified atom stereocenters. The normalized spacial score (nSPS) is 15.0. The van der Waals surface area contributed by atoms with Crippen LogP contribution in [0.15, 0.2) is 103 Å². The molecule has 0 saturated carbocycles. The van der Waals surface area contributed by atoms with Crippen molar-refractivity contribution < 1.29 is 0 Å². The lowest BCUT2D eigenvalue weighted by Gasteiger charge is -2.50. The van der Waals surface area contributed by atoms with E-state index in [1.807, 2.05) is 12.3 Å². The summed E-state index contributed by atoms with van der Waals surface area (Å²) in [6, 6.07) is 34.1. The molecular weight excluding hydrogens is 368 g/mol. The number of benzene rings is 3. The van der Waals surface area contributed by atoms with Crippen LogP contribution in [0.3, 0.4) is 0 Å². The number of aromatic amines is 1. The molecule has 1 fully saturated rings. The highest BCUT2D eigenvalue weighted by Crippen LogP contribution is 2.25. The number of nitrogens with one attached hydrogen (secondary N) is 1. The van der Waals surface area contributed by atoms with Gasteiger partial charge >= 0.3 is 14.0 Å². The summed E-state index contributed by atoms with van der Waals surface area (Å²) in [6.45, 7) is 0.894. The molecule has 0 aliphatic carbocycles. The maximum absolute atomic E-state index is 4.22. The van der Waals surface area contributed by atoms with Gasteiger partial charge in [-0.05, 0) is 36.2 Å². The minimum Gasteiger partial charge on any atom is -0.381 e. The zero-order valence-electron chi connectivity index (χ0n) is 17.0. The zero-order valence-corrected chi connectivity index (χ0v) is 17.0. The van der Waals surface area contributed by atoms with Crippen molar-refractivity contribution in [2.24, 2.45) is 0 Å². The van der Waals surface area contributed by atoms with Crippen LogP contribution in [0, 0.1) is 0 Å². The quantitative estimate of drug-likeness (QED) is 0.543. The summed E-state index contributed by atoms with van der Waals surface area (Å²) >= 11 is 0. The van der Waals surface area contributed by atoms with Crippen molar-refractivity contribution in [3.63, 3.8) is 0 Å². The Kier molecular flexibility index (Phi) is 5.03. The van der Waals surface area contributed by atoms with Crippen LogP contribution in [-0.2, 0) is 0 Å². The Balaban J connectivity index is 1.65. The Morgan fingerprint density at radius 1 is 0.700 bits per heavy atom. The fraction of sp³-hybridized carbons (Fsp3) is 0.0870. The fourth-order valence-corrected chi connectivity index (χ4v) is 4.43. The monoisotopic (exact) mass is 391 g/mol. The molecule has 3 aromatic carbocycles. The third kappa shape index (κ3) is 3.37. The van der Waals surface area contributed by atoms with Crippen LogP contribution in [0.25, 0.3) is 0 Å². The smallest absolute Gasteiger partial charge is 0.371 e. The van der Waals surface area contributed by atoms with Gasteiger partial charge in [-0.1, -0.05) is 78.9 Å². The minimum atomic E-state index is 0.0665. The number of nitrogens with zero attached hydrogens (tertiary/aromatic N) is 4. The van der Waals surface area contributed by atoms with E-state index in [-0.39, 0.29) is 14.0 Å². The third-order valence-electron chi connectivity index (χ3n) is 5.75. The molecule has 1 aliphatic rings. The second-order valence-electron chi connectivity index (χ2n) is 7.59. The van der Waals surface area contributed by atoms with E-state index in [2.05, 4.69) is 123 Å². The highest BCUT2D eigenvalue weighted by molar-refractivity contribution is 6.90. The van der Waals surface area contributed by atoms with E-state index in [0.717, 1.165) is 12.5 Å². The summed E-state index contributed by atoms with van der Waals surface area (Å²) in [5, 5.41) is 7.40. The zero-order chi connectivity index (χ0) is 20.3. The van der Waals surface area contributed by atoms with E-state index in [0.29, 0.717) is 0 Å². The van der Waals surface area contributed by atoms with Gasteiger partial charge in [-0.15, -0.1) is 0 Å². The summed E-state index contributed by atoms with van der Waals surface area (Å²) in [5.74, 6) is 1.00. The van der Waals surface area contributed by atoms with Crippen molar-refractivity contribution in [2.75, 3.05) is 23.3 Å². The molecule has 146 valence electrons. The van der Waals surface area contributed by atoms with Gasteiger partial charge in [0, 0.05) is 5.69 Å². The van der Waals surface area contributed by atoms with Crippen molar-refractivity contribution in [3.05, 3.63) is 103 Å². The summed E-state index contributed by atoms with van der Waals surface area (Å²) in [4.78, 5) is 4.81. The molecule has 4 aromatic rings. The lowest BCUT2D eigenvalue weighted by Crippen LogP contribution is -2.77. The van der Waals surface area contributed by atoms with Gasteiger partial charge in [-0.25, -0.2) is 0 Å². The molecule has 1 N–H and O–H groups in total. The Morgan fingerprint density at radius 2 is 1.23 bits per heavy atom. The third-order valence-corrected chi connectivity index (χ3v) is 5.75. The van der Waals surface area contributed by atoms with Gasteiger partial charge in [0.1, 0.15) is 5.82 Å². The van der Waals surface area contributed by atoms with Crippen LogP contribution in [0.1, 0.15) is 0 Å². The van der Waals surface area contributed by atoms with E-state index < -0.39 is 0 Å². The van der Waals surface area contributed by atoms with Crippen molar-refractivity contribution in [1.29, 1.82) is 0 Å². The summed E-state index contributed by atoms with van der Waals surface area (Å²) in [6.07, 6.45) is 1.81. The molecule has 5 rings (SSSR count). The topological polar surface area (TPSA) is 38.4 Å². The molecule has 0 radical (unpaired) electrons. The number of H-pyrrole nitrogens is 1. The minimum absolute atomic E-state index is 0.0665. The van der Waals surface area contributed by atoms with Crippen LogP contribution in [0.2, 0.25) is 0 Å². The first kappa shape index (κ1) is 18.6. The largest absolute Gasteiger partial charge is 0.381 e. The molecule has 0 bridgehead atoms. The molecule has 0 amide bonds. The van der Waals surface area contributed by atoms with Gasteiger partial charge in [-0.3, -0.25) is 5.10 Å². The Morgan fingerprint density at radius 3 is 1.77 bits per heavy atom. The van der Waals surface area contributed by atoms with Crippen LogP contribution >= 0.6 is 0 Å². The summed E-state index contributed by atoms with van der Waals surface area (Å²) in [5.41, 5.74) is 3.71. The van der Waals surface area contributed by atoms with Crippen molar-refractivity contribution in [1.82, 2.24) is 14.9 Å². The molecular formula is C23H23B2N5. The lowest BCUT2D eigenvalue weighted by atomic mass is 9.49. The van der Waals surface area contributed by atoms with Crippen molar-refractivity contribution >= 4 is 36.4 Å². The van der Waals surface area contributed by atoms with E-state index in [1.165, 1.54) is 16.6 Å². The van der Waals surface area contributed by atoms with Gasteiger partial charge in [-0.2, -0.15) is 5.10 Å². The Hall–Kier alpha value is -3.44. The molecule has 2 heterocycles. The van der Waals surface area contributed by atoms with Gasteiger partial charge < -0.3 is 14.3 Å². The Labute approximate surface area is 178 Å². The second kappa shape index (κ2) is 8.13. The number of anilines is 2. The molecule has 1 aliphatic heterocycles. The molecule has 7 heteroatoms. The first-order chi connectivity index (χ1) is 14.8. The van der Waals surface area contributed by atoms with Crippen LogP contribution in [0.4, 0.5) is 11.5 Å². The molecule has 5 nitrogen and oxygen atoms in total. The van der Waals surface area contributed by atoms with Crippen molar-refractivity contribution in [3.8, 4) is 0 Å². The van der Waals surface area contributed by atoms with Crippen LogP contribution in [-0.4, -0.2) is 42.6 Å². The van der Waals surface area contributed by atoms with Crippen LogP contribution < -0.4 is 20.5 Å². The first-order valence-corrected chi connectivity index (χ1v) is 10.2. The van der Waals surface area contributed by atoms with Gasteiger partial charge in [0.05, 0.1) is 12.9 Å². The lowest BCUT2D eigenvalue weighted by molar-refractivity contribution is 0.731. The molecule has 1 saturated heterocycles. The SMILES string of the molecule is CN1B(c2ccccc2)N(c2ccccc2)CN(c2ccn[nH]2)B1c1ccccc1. The number of rotatable bonds is 4. The van der Waals surface area contributed by atoms with Crippen molar-refractivity contribution in [2.45, 2.75) is 0 Å². The predicted octanol–water partition coefficient (Wildman–Crippen LogP) is 2.42. The maximum atomic E-state index is 4.22.